The molecule has 0 rings (SSSR count). The van der Waals surface area contributed by atoms with Crippen molar-refractivity contribution in [3.05, 3.63) is 0 Å². The normalized spacial score (nSPS) is 13.6. The van der Waals surface area contributed by atoms with E-state index in [1.54, 1.807) is 0 Å². The Hall–Kier alpha value is -0.200. The van der Waals surface area contributed by atoms with Crippen molar-refractivity contribution in [1.82, 2.24) is 15.5 Å². The highest BCUT2D eigenvalue weighted by Crippen LogP contribution is 1.93. The number of hydrogen-bond acceptors (Lipinski definition) is 5. The Morgan fingerprint density at radius 3 is 2.38 bits per heavy atom. The monoisotopic (exact) mass is 189 g/mol. The van der Waals surface area contributed by atoms with Crippen molar-refractivity contribution in [1.29, 1.82) is 0 Å². The topological polar surface area (TPSA) is 79.3 Å². The van der Waals surface area contributed by atoms with Crippen LogP contribution in [0.5, 0.6) is 0 Å². The smallest absolute Gasteiger partial charge is 0.115 e. The van der Waals surface area contributed by atoms with Gasteiger partial charge >= 0.3 is 0 Å². The van der Waals surface area contributed by atoms with Crippen molar-refractivity contribution in [3.8, 4) is 0 Å². The first-order valence-electron chi connectivity index (χ1n) is 4.85. The third kappa shape index (κ3) is 5.17. The van der Waals surface area contributed by atoms with Crippen LogP contribution in [0.3, 0.4) is 0 Å². The molecule has 0 aliphatic carbocycles. The van der Waals surface area contributed by atoms with Crippen LogP contribution in [0.4, 0.5) is 0 Å². The first-order chi connectivity index (χ1) is 6.29. The van der Waals surface area contributed by atoms with E-state index >= 15 is 0 Å². The zero-order chi connectivity index (χ0) is 10.1. The van der Waals surface area contributed by atoms with E-state index in [0.717, 1.165) is 19.5 Å². The fourth-order valence-electron chi connectivity index (χ4n) is 1.35. The second-order valence-corrected chi connectivity index (χ2v) is 2.92. The van der Waals surface area contributed by atoms with Crippen molar-refractivity contribution in [2.75, 3.05) is 33.4 Å². The van der Waals surface area contributed by atoms with Crippen LogP contribution >= 0.6 is 0 Å². The van der Waals surface area contributed by atoms with E-state index in [0.29, 0.717) is 13.2 Å². The van der Waals surface area contributed by atoms with Gasteiger partial charge in [-0.25, -0.2) is 0 Å². The predicted octanol–water partition coefficient (Wildman–Crippen LogP) is -1.33. The van der Waals surface area contributed by atoms with Crippen LogP contribution < -0.4 is 22.1 Å². The van der Waals surface area contributed by atoms with Gasteiger partial charge in [0, 0.05) is 26.3 Å². The zero-order valence-corrected chi connectivity index (χ0v) is 8.71. The van der Waals surface area contributed by atoms with Gasteiger partial charge in [0.05, 0.1) is 0 Å². The molecule has 0 aromatic heterocycles. The van der Waals surface area contributed by atoms with Crippen LogP contribution in [0, 0.1) is 0 Å². The van der Waals surface area contributed by atoms with E-state index in [-0.39, 0.29) is 6.29 Å². The van der Waals surface area contributed by atoms with Crippen molar-refractivity contribution >= 4 is 0 Å². The van der Waals surface area contributed by atoms with E-state index in [2.05, 4.69) is 22.5 Å². The SMILES string of the molecule is CCCN(CCN)C(NC)NCN. The molecule has 0 radical (unpaired) electrons. The Bertz CT molecular complexity index is 103. The quantitative estimate of drug-likeness (QED) is 0.356. The summed E-state index contributed by atoms with van der Waals surface area (Å²) in [5, 5.41) is 6.29. The van der Waals surface area contributed by atoms with Gasteiger partial charge in [0.25, 0.3) is 0 Å². The summed E-state index contributed by atoms with van der Waals surface area (Å²) in [6.45, 7) is 5.20. The van der Waals surface area contributed by atoms with E-state index in [9.17, 15) is 0 Å². The molecule has 6 N–H and O–H groups in total. The molecule has 13 heavy (non-hydrogen) atoms. The standard InChI is InChI=1S/C8H23N5/c1-3-5-13(6-4-9)8(11-2)12-7-10/h8,11-12H,3-7,9-10H2,1-2H3. The highest BCUT2D eigenvalue weighted by Gasteiger charge is 2.12. The number of rotatable bonds is 8. The summed E-state index contributed by atoms with van der Waals surface area (Å²) in [5.74, 6) is 0. The molecule has 0 saturated carbocycles. The largest absolute Gasteiger partial charge is 0.329 e. The summed E-state index contributed by atoms with van der Waals surface area (Å²) >= 11 is 0. The molecule has 0 saturated heterocycles. The van der Waals surface area contributed by atoms with E-state index in [1.807, 2.05) is 7.05 Å². The second-order valence-electron chi connectivity index (χ2n) is 2.92. The minimum absolute atomic E-state index is 0.133. The minimum Gasteiger partial charge on any atom is -0.329 e. The second kappa shape index (κ2) is 8.40. The lowest BCUT2D eigenvalue weighted by Crippen LogP contribution is -2.56. The molecule has 80 valence electrons. The maximum absolute atomic E-state index is 5.52. The molecule has 0 fully saturated rings. The van der Waals surface area contributed by atoms with Crippen LogP contribution in [-0.4, -0.2) is 44.5 Å². The molecular weight excluding hydrogens is 166 g/mol. The summed E-state index contributed by atoms with van der Waals surface area (Å²) in [7, 11) is 1.91. The van der Waals surface area contributed by atoms with Gasteiger partial charge in [-0.1, -0.05) is 6.92 Å². The molecule has 0 aliphatic rings. The van der Waals surface area contributed by atoms with E-state index in [1.165, 1.54) is 0 Å². The minimum atomic E-state index is 0.133. The highest BCUT2D eigenvalue weighted by atomic mass is 15.4. The number of hydrogen-bond donors (Lipinski definition) is 4. The number of nitrogens with zero attached hydrogens (tertiary/aromatic N) is 1. The van der Waals surface area contributed by atoms with Gasteiger partial charge in [-0.15, -0.1) is 0 Å². The first kappa shape index (κ1) is 12.8. The number of nitrogens with two attached hydrogens (primary N) is 2. The maximum Gasteiger partial charge on any atom is 0.115 e. The van der Waals surface area contributed by atoms with Crippen molar-refractivity contribution in [2.45, 2.75) is 19.6 Å². The molecule has 5 heteroatoms. The van der Waals surface area contributed by atoms with Gasteiger partial charge in [0.2, 0.25) is 0 Å². The maximum atomic E-state index is 5.52. The van der Waals surface area contributed by atoms with Gasteiger partial charge in [-0.3, -0.25) is 15.5 Å². The van der Waals surface area contributed by atoms with Gasteiger partial charge in [-0.05, 0) is 13.5 Å². The first-order valence-corrected chi connectivity index (χ1v) is 4.85. The van der Waals surface area contributed by atoms with Gasteiger partial charge in [0.1, 0.15) is 6.29 Å². The van der Waals surface area contributed by atoms with E-state index in [4.69, 9.17) is 11.5 Å². The fourth-order valence-corrected chi connectivity index (χ4v) is 1.35. The van der Waals surface area contributed by atoms with Crippen molar-refractivity contribution in [3.63, 3.8) is 0 Å². The van der Waals surface area contributed by atoms with Crippen LogP contribution in [0.1, 0.15) is 13.3 Å². The molecule has 0 bridgehead atoms. The van der Waals surface area contributed by atoms with Crippen LogP contribution in [0.15, 0.2) is 0 Å². The molecule has 0 aromatic carbocycles. The van der Waals surface area contributed by atoms with Gasteiger partial charge < -0.3 is 11.5 Å². The lowest BCUT2D eigenvalue weighted by molar-refractivity contribution is 0.146. The lowest BCUT2D eigenvalue weighted by atomic mass is 10.4. The third-order valence-electron chi connectivity index (χ3n) is 1.88. The molecule has 1 unspecified atom stereocenters. The average Bonchev–Trinajstić information content (AvgIpc) is 2.14. The molecular formula is C8H23N5. The Kier molecular flexibility index (Phi) is 8.27. The van der Waals surface area contributed by atoms with Crippen molar-refractivity contribution in [2.24, 2.45) is 11.5 Å². The van der Waals surface area contributed by atoms with Crippen LogP contribution in [0.2, 0.25) is 0 Å². The Labute approximate surface area is 80.8 Å². The highest BCUT2D eigenvalue weighted by molar-refractivity contribution is 4.65. The van der Waals surface area contributed by atoms with Crippen molar-refractivity contribution < 1.29 is 0 Å². The molecule has 0 aliphatic heterocycles. The Balaban J connectivity index is 3.94. The van der Waals surface area contributed by atoms with Crippen LogP contribution in [-0.2, 0) is 0 Å². The van der Waals surface area contributed by atoms with Crippen LogP contribution in [0.25, 0.3) is 0 Å². The molecule has 5 nitrogen and oxygen atoms in total. The number of nitrogens with one attached hydrogen (secondary N) is 2. The summed E-state index contributed by atoms with van der Waals surface area (Å²) in [6.07, 6.45) is 1.25. The summed E-state index contributed by atoms with van der Waals surface area (Å²) < 4.78 is 0. The molecule has 0 aromatic rings. The van der Waals surface area contributed by atoms with Gasteiger partial charge in [-0.2, -0.15) is 0 Å². The molecule has 1 atom stereocenters. The molecule has 0 heterocycles. The zero-order valence-electron chi connectivity index (χ0n) is 8.71. The summed E-state index contributed by atoms with van der Waals surface area (Å²) in [6, 6.07) is 0. The Morgan fingerprint density at radius 2 is 2.00 bits per heavy atom. The summed E-state index contributed by atoms with van der Waals surface area (Å²) in [5.41, 5.74) is 10.9. The Morgan fingerprint density at radius 1 is 1.31 bits per heavy atom. The predicted molar refractivity (Wildman–Crippen MR) is 56.0 cm³/mol. The van der Waals surface area contributed by atoms with Gasteiger partial charge in [0.15, 0.2) is 0 Å². The molecule has 0 amide bonds. The average molecular weight is 189 g/mol. The third-order valence-corrected chi connectivity index (χ3v) is 1.88. The van der Waals surface area contributed by atoms with E-state index < -0.39 is 0 Å². The molecule has 0 spiro atoms. The summed E-state index contributed by atoms with van der Waals surface area (Å²) in [4.78, 5) is 2.24. The lowest BCUT2D eigenvalue weighted by Gasteiger charge is -2.31. The fraction of sp³-hybridized carbons (Fsp3) is 1.00.